The lowest BCUT2D eigenvalue weighted by Gasteiger charge is -2.40. The molecule has 0 unspecified atom stereocenters. The average Bonchev–Trinajstić information content (AvgIpc) is 2.80. The maximum absolute atomic E-state index is 12.8. The second kappa shape index (κ2) is 11.7. The van der Waals surface area contributed by atoms with Gasteiger partial charge in [-0.05, 0) is 55.0 Å². The van der Waals surface area contributed by atoms with Gasteiger partial charge in [-0.15, -0.1) is 24.8 Å². The van der Waals surface area contributed by atoms with Gasteiger partial charge in [0, 0.05) is 41.0 Å². The lowest BCUT2D eigenvalue weighted by atomic mass is 9.68. The summed E-state index contributed by atoms with van der Waals surface area (Å²) in [6, 6.07) is 20.0. The van der Waals surface area contributed by atoms with Gasteiger partial charge >= 0.3 is 0 Å². The van der Waals surface area contributed by atoms with Crippen LogP contribution in [0.5, 0.6) is 0 Å². The molecule has 1 fully saturated rings. The quantitative estimate of drug-likeness (QED) is 0.472. The largest absolute Gasteiger partial charge is 0.349 e. The predicted molar refractivity (Wildman–Crippen MR) is 136 cm³/mol. The number of halogens is 3. The molecular formula is C25H28Cl3N3O. The fraction of sp³-hybridized carbons (Fsp3) is 0.280. The summed E-state index contributed by atoms with van der Waals surface area (Å²) in [4.78, 5) is 17.1. The summed E-state index contributed by atoms with van der Waals surface area (Å²) >= 11 is 6.20. The molecular weight excluding hydrogens is 465 g/mol. The van der Waals surface area contributed by atoms with E-state index in [4.69, 9.17) is 17.3 Å². The maximum Gasteiger partial charge on any atom is 0.253 e. The Morgan fingerprint density at radius 1 is 1.00 bits per heavy atom. The summed E-state index contributed by atoms with van der Waals surface area (Å²) in [6.45, 7) is 0.580. The monoisotopic (exact) mass is 491 g/mol. The zero-order valence-electron chi connectivity index (χ0n) is 17.7. The molecule has 1 aromatic heterocycles. The number of hydrogen-bond donors (Lipinski definition) is 2. The number of benzene rings is 2. The van der Waals surface area contributed by atoms with Crippen molar-refractivity contribution in [3.63, 3.8) is 0 Å². The standard InChI is InChI=1S/C25H26ClN3O.2ClH/c26-22-8-4-7-21(14-22)25(17-27)11-9-23(10-12-25)29-24(30)20-13-19(15-28-16-20)18-5-2-1-3-6-18;;/h1-8,13-16,23H,9-12,17,27H2,(H,29,30);2*1H/t23-,25-;;. The van der Waals surface area contributed by atoms with Crippen LogP contribution in [0.25, 0.3) is 11.1 Å². The van der Waals surface area contributed by atoms with Crippen molar-refractivity contribution in [1.29, 1.82) is 0 Å². The van der Waals surface area contributed by atoms with Crippen LogP contribution < -0.4 is 11.1 Å². The minimum absolute atomic E-state index is 0. The second-order valence-electron chi connectivity index (χ2n) is 8.07. The van der Waals surface area contributed by atoms with Crippen LogP contribution in [0.3, 0.4) is 0 Å². The van der Waals surface area contributed by atoms with Crippen LogP contribution in [0.15, 0.2) is 73.1 Å². The summed E-state index contributed by atoms with van der Waals surface area (Å²) in [5, 5.41) is 3.93. The molecule has 0 radical (unpaired) electrons. The van der Waals surface area contributed by atoms with E-state index in [2.05, 4.69) is 16.4 Å². The van der Waals surface area contributed by atoms with Crippen molar-refractivity contribution in [1.82, 2.24) is 10.3 Å². The van der Waals surface area contributed by atoms with E-state index >= 15 is 0 Å². The Morgan fingerprint density at radius 2 is 1.72 bits per heavy atom. The fourth-order valence-corrected chi connectivity index (χ4v) is 4.56. The van der Waals surface area contributed by atoms with Crippen LogP contribution in [0.1, 0.15) is 41.6 Å². The highest BCUT2D eigenvalue weighted by Crippen LogP contribution is 2.39. The van der Waals surface area contributed by atoms with Crippen LogP contribution in [-0.2, 0) is 5.41 Å². The lowest BCUT2D eigenvalue weighted by molar-refractivity contribution is 0.0917. The van der Waals surface area contributed by atoms with Gasteiger partial charge in [0.15, 0.2) is 0 Å². The van der Waals surface area contributed by atoms with E-state index in [1.165, 1.54) is 5.56 Å². The molecule has 0 saturated heterocycles. The summed E-state index contributed by atoms with van der Waals surface area (Å²) < 4.78 is 0. The molecule has 4 nitrogen and oxygen atoms in total. The van der Waals surface area contributed by atoms with Gasteiger partial charge in [-0.25, -0.2) is 0 Å². The normalized spacial score (nSPS) is 19.9. The molecule has 1 heterocycles. The number of carbonyl (C=O) groups is 1. The Hall–Kier alpha value is -2.11. The SMILES string of the molecule is Cl.Cl.NC[C@]1(c2cccc(Cl)c2)CC[C@H](NC(=O)c2cncc(-c3ccccc3)c2)CC1. The first-order valence-corrected chi connectivity index (χ1v) is 10.7. The molecule has 1 aliphatic rings. The van der Waals surface area contributed by atoms with Crippen molar-refractivity contribution < 1.29 is 4.79 Å². The number of aromatic nitrogens is 1. The van der Waals surface area contributed by atoms with Crippen molar-refractivity contribution in [2.24, 2.45) is 5.73 Å². The molecule has 1 aliphatic carbocycles. The zero-order chi connectivity index (χ0) is 21.0. The number of hydrogen-bond acceptors (Lipinski definition) is 3. The molecule has 0 aliphatic heterocycles. The van der Waals surface area contributed by atoms with Crippen molar-refractivity contribution in [2.45, 2.75) is 37.1 Å². The second-order valence-corrected chi connectivity index (χ2v) is 8.51. The Bertz CT molecular complexity index is 1020. The van der Waals surface area contributed by atoms with Gasteiger partial charge in [-0.1, -0.05) is 54.1 Å². The number of nitrogens with one attached hydrogen (secondary N) is 1. The van der Waals surface area contributed by atoms with Gasteiger partial charge < -0.3 is 11.1 Å². The van der Waals surface area contributed by atoms with E-state index in [9.17, 15) is 4.79 Å². The number of rotatable bonds is 5. The first-order chi connectivity index (χ1) is 14.6. The van der Waals surface area contributed by atoms with Crippen molar-refractivity contribution >= 4 is 42.3 Å². The molecule has 2 aromatic carbocycles. The molecule has 1 saturated carbocycles. The molecule has 7 heteroatoms. The van der Waals surface area contributed by atoms with Crippen molar-refractivity contribution in [2.75, 3.05) is 6.54 Å². The highest BCUT2D eigenvalue weighted by molar-refractivity contribution is 6.30. The van der Waals surface area contributed by atoms with Crippen LogP contribution >= 0.6 is 36.4 Å². The van der Waals surface area contributed by atoms with Gasteiger partial charge in [0.2, 0.25) is 0 Å². The van der Waals surface area contributed by atoms with Crippen LogP contribution in [0.2, 0.25) is 5.02 Å². The van der Waals surface area contributed by atoms with Crippen LogP contribution in [0, 0.1) is 0 Å². The van der Waals surface area contributed by atoms with Gasteiger partial charge in [0.05, 0.1) is 5.56 Å². The summed E-state index contributed by atoms with van der Waals surface area (Å²) in [7, 11) is 0. The molecule has 4 rings (SSSR count). The highest BCUT2D eigenvalue weighted by Gasteiger charge is 2.36. The third kappa shape index (κ3) is 5.81. The molecule has 0 atom stereocenters. The average molecular weight is 493 g/mol. The summed E-state index contributed by atoms with van der Waals surface area (Å²) in [5.74, 6) is -0.0757. The van der Waals surface area contributed by atoms with Crippen molar-refractivity contribution in [3.05, 3.63) is 89.2 Å². The minimum atomic E-state index is -0.0757. The van der Waals surface area contributed by atoms with Gasteiger partial charge in [-0.2, -0.15) is 0 Å². The fourth-order valence-electron chi connectivity index (χ4n) is 4.37. The van der Waals surface area contributed by atoms with Gasteiger partial charge in [0.25, 0.3) is 5.91 Å². The Balaban J connectivity index is 0.00000181. The van der Waals surface area contributed by atoms with E-state index in [-0.39, 0.29) is 42.2 Å². The van der Waals surface area contributed by atoms with E-state index in [1.54, 1.807) is 12.4 Å². The molecule has 3 aromatic rings. The van der Waals surface area contributed by atoms with E-state index in [0.29, 0.717) is 12.1 Å². The molecule has 0 spiro atoms. The first-order valence-electron chi connectivity index (χ1n) is 10.4. The zero-order valence-corrected chi connectivity index (χ0v) is 20.1. The molecule has 170 valence electrons. The summed E-state index contributed by atoms with van der Waals surface area (Å²) in [6.07, 6.45) is 7.05. The third-order valence-electron chi connectivity index (χ3n) is 6.21. The Morgan fingerprint density at radius 3 is 2.38 bits per heavy atom. The van der Waals surface area contributed by atoms with Crippen LogP contribution in [0.4, 0.5) is 0 Å². The third-order valence-corrected chi connectivity index (χ3v) is 6.45. The van der Waals surface area contributed by atoms with Gasteiger partial charge in [-0.3, -0.25) is 9.78 Å². The molecule has 3 N–H and O–H groups in total. The predicted octanol–water partition coefficient (Wildman–Crippen LogP) is 5.81. The van der Waals surface area contributed by atoms with Crippen molar-refractivity contribution in [3.8, 4) is 11.1 Å². The van der Waals surface area contributed by atoms with Crippen LogP contribution in [-0.4, -0.2) is 23.5 Å². The molecule has 0 bridgehead atoms. The topological polar surface area (TPSA) is 68.0 Å². The maximum atomic E-state index is 12.8. The van der Waals surface area contributed by atoms with E-state index < -0.39 is 0 Å². The van der Waals surface area contributed by atoms with E-state index in [0.717, 1.165) is 41.8 Å². The Labute approximate surface area is 206 Å². The summed E-state index contributed by atoms with van der Waals surface area (Å²) in [5.41, 5.74) is 9.89. The smallest absolute Gasteiger partial charge is 0.253 e. The van der Waals surface area contributed by atoms with E-state index in [1.807, 2.05) is 54.6 Å². The minimum Gasteiger partial charge on any atom is -0.349 e. The van der Waals surface area contributed by atoms with Gasteiger partial charge in [0.1, 0.15) is 0 Å². The number of amides is 1. The first kappa shape index (κ1) is 26.1. The number of carbonyl (C=O) groups excluding carboxylic acids is 1. The number of nitrogens with two attached hydrogens (primary N) is 1. The highest BCUT2D eigenvalue weighted by atomic mass is 35.5. The molecule has 1 amide bonds. The number of pyridine rings is 1. The Kier molecular flexibility index (Phi) is 9.53. The number of nitrogens with zero attached hydrogens (tertiary/aromatic N) is 1. The lowest BCUT2D eigenvalue weighted by Crippen LogP contribution is -2.45. The molecule has 32 heavy (non-hydrogen) atoms.